The SMILES string of the molecule is CCN(CC)c1nc(Cl)nc(N[C@H](C)c2ccccc2)n1. The highest BCUT2D eigenvalue weighted by Gasteiger charge is 2.12. The van der Waals surface area contributed by atoms with Crippen LogP contribution < -0.4 is 10.2 Å². The third-order valence-corrected chi connectivity index (χ3v) is 3.46. The number of nitrogens with one attached hydrogen (secondary N) is 1. The minimum absolute atomic E-state index is 0.0919. The number of hydrogen-bond acceptors (Lipinski definition) is 5. The molecule has 1 atom stereocenters. The standard InChI is InChI=1S/C15H20ClN5/c1-4-21(5-2)15-19-13(16)18-14(20-15)17-11(3)12-9-7-6-8-10-12/h6-11H,4-5H2,1-3H3,(H,17,18,19,20)/t11-/m1/s1. The van der Waals surface area contributed by atoms with Crippen molar-refractivity contribution < 1.29 is 0 Å². The van der Waals surface area contributed by atoms with Crippen LogP contribution in [0.15, 0.2) is 30.3 Å². The molecule has 0 radical (unpaired) electrons. The average molecular weight is 306 g/mol. The van der Waals surface area contributed by atoms with Gasteiger partial charge in [0.2, 0.25) is 17.2 Å². The Labute approximate surface area is 130 Å². The molecule has 6 heteroatoms. The van der Waals surface area contributed by atoms with E-state index in [-0.39, 0.29) is 11.3 Å². The summed E-state index contributed by atoms with van der Waals surface area (Å²) in [6.45, 7) is 7.82. The van der Waals surface area contributed by atoms with Crippen molar-refractivity contribution in [1.82, 2.24) is 15.0 Å². The second-order valence-corrected chi connectivity index (χ2v) is 5.02. The van der Waals surface area contributed by atoms with Gasteiger partial charge in [-0.3, -0.25) is 0 Å². The lowest BCUT2D eigenvalue weighted by Crippen LogP contribution is -2.25. The molecule has 0 saturated carbocycles. The lowest BCUT2D eigenvalue weighted by molar-refractivity contribution is 0.799. The number of nitrogens with zero attached hydrogens (tertiary/aromatic N) is 4. The van der Waals surface area contributed by atoms with Gasteiger partial charge in [-0.25, -0.2) is 0 Å². The van der Waals surface area contributed by atoms with Crippen molar-refractivity contribution in [3.8, 4) is 0 Å². The van der Waals surface area contributed by atoms with E-state index < -0.39 is 0 Å². The van der Waals surface area contributed by atoms with Crippen LogP contribution in [0.25, 0.3) is 0 Å². The molecule has 2 aromatic rings. The number of rotatable bonds is 6. The second-order valence-electron chi connectivity index (χ2n) is 4.68. The van der Waals surface area contributed by atoms with Crippen LogP contribution in [0.4, 0.5) is 11.9 Å². The van der Waals surface area contributed by atoms with Crippen molar-refractivity contribution in [3.63, 3.8) is 0 Å². The molecular weight excluding hydrogens is 286 g/mol. The van der Waals surface area contributed by atoms with Crippen LogP contribution in [0.3, 0.4) is 0 Å². The van der Waals surface area contributed by atoms with Gasteiger partial charge in [-0.05, 0) is 37.9 Å². The molecule has 0 aliphatic carbocycles. The van der Waals surface area contributed by atoms with E-state index in [1.165, 1.54) is 5.56 Å². The van der Waals surface area contributed by atoms with Crippen LogP contribution in [0.2, 0.25) is 5.28 Å². The molecule has 21 heavy (non-hydrogen) atoms. The Morgan fingerprint density at radius 1 is 1.10 bits per heavy atom. The zero-order valence-corrected chi connectivity index (χ0v) is 13.3. The first-order valence-electron chi connectivity index (χ1n) is 7.12. The van der Waals surface area contributed by atoms with Crippen molar-refractivity contribution in [2.24, 2.45) is 0 Å². The van der Waals surface area contributed by atoms with Gasteiger partial charge in [-0.15, -0.1) is 0 Å². The summed E-state index contributed by atoms with van der Waals surface area (Å²) in [5, 5.41) is 3.47. The second kappa shape index (κ2) is 7.22. The highest BCUT2D eigenvalue weighted by molar-refractivity contribution is 6.28. The Hall–Kier alpha value is -1.88. The fraction of sp³-hybridized carbons (Fsp3) is 0.400. The molecule has 0 spiro atoms. The van der Waals surface area contributed by atoms with Crippen LogP contribution in [0, 0.1) is 0 Å². The summed E-state index contributed by atoms with van der Waals surface area (Å²) < 4.78 is 0. The first kappa shape index (κ1) is 15.5. The zero-order valence-electron chi connectivity index (χ0n) is 12.5. The molecule has 0 aliphatic heterocycles. The number of halogens is 1. The molecule has 1 aromatic carbocycles. The summed E-state index contributed by atoms with van der Waals surface area (Å²) >= 11 is 6.01. The number of hydrogen-bond donors (Lipinski definition) is 1. The zero-order chi connectivity index (χ0) is 15.2. The third kappa shape index (κ3) is 4.04. The van der Waals surface area contributed by atoms with E-state index in [0.29, 0.717) is 11.9 Å². The molecule has 1 N–H and O–H groups in total. The maximum atomic E-state index is 6.01. The van der Waals surface area contributed by atoms with Crippen molar-refractivity contribution >= 4 is 23.5 Å². The van der Waals surface area contributed by atoms with E-state index in [2.05, 4.69) is 53.2 Å². The Bertz CT molecular complexity index is 572. The lowest BCUT2D eigenvalue weighted by Gasteiger charge is -2.20. The highest BCUT2D eigenvalue weighted by Crippen LogP contribution is 2.19. The minimum Gasteiger partial charge on any atom is -0.348 e. The molecule has 0 unspecified atom stereocenters. The van der Waals surface area contributed by atoms with Gasteiger partial charge in [0.05, 0.1) is 6.04 Å². The Kier molecular flexibility index (Phi) is 5.33. The number of anilines is 2. The van der Waals surface area contributed by atoms with Gasteiger partial charge >= 0.3 is 0 Å². The quantitative estimate of drug-likeness (QED) is 0.884. The molecule has 0 saturated heterocycles. The summed E-state index contributed by atoms with van der Waals surface area (Å²) in [6.07, 6.45) is 0. The Morgan fingerprint density at radius 2 is 1.76 bits per heavy atom. The summed E-state index contributed by atoms with van der Waals surface area (Å²) in [4.78, 5) is 14.8. The van der Waals surface area contributed by atoms with Gasteiger partial charge in [-0.1, -0.05) is 30.3 Å². The van der Waals surface area contributed by atoms with E-state index in [9.17, 15) is 0 Å². The van der Waals surface area contributed by atoms with Crippen molar-refractivity contribution in [3.05, 3.63) is 41.2 Å². The van der Waals surface area contributed by atoms with Gasteiger partial charge in [0.15, 0.2) is 0 Å². The summed E-state index contributed by atoms with van der Waals surface area (Å²) in [5.74, 6) is 1.09. The van der Waals surface area contributed by atoms with Gasteiger partial charge in [0.1, 0.15) is 0 Å². The molecular formula is C15H20ClN5. The van der Waals surface area contributed by atoms with Crippen LogP contribution in [-0.2, 0) is 0 Å². The molecule has 0 amide bonds. The maximum absolute atomic E-state index is 6.01. The number of benzene rings is 1. The summed E-state index contributed by atoms with van der Waals surface area (Å²) in [7, 11) is 0. The van der Waals surface area contributed by atoms with E-state index in [1.807, 2.05) is 23.1 Å². The number of aromatic nitrogens is 3. The van der Waals surface area contributed by atoms with E-state index in [4.69, 9.17) is 11.6 Å². The van der Waals surface area contributed by atoms with E-state index in [1.54, 1.807) is 0 Å². The maximum Gasteiger partial charge on any atom is 0.231 e. The Morgan fingerprint density at radius 3 is 2.38 bits per heavy atom. The van der Waals surface area contributed by atoms with Crippen molar-refractivity contribution in [2.75, 3.05) is 23.3 Å². The largest absolute Gasteiger partial charge is 0.348 e. The summed E-state index contributed by atoms with van der Waals surface area (Å²) in [6, 6.07) is 10.2. The van der Waals surface area contributed by atoms with E-state index in [0.717, 1.165) is 13.1 Å². The molecule has 0 aliphatic rings. The molecule has 2 rings (SSSR count). The monoisotopic (exact) mass is 305 g/mol. The average Bonchev–Trinajstić information content (AvgIpc) is 2.49. The summed E-state index contributed by atoms with van der Waals surface area (Å²) in [5.41, 5.74) is 1.17. The molecule has 112 valence electrons. The molecule has 0 fully saturated rings. The van der Waals surface area contributed by atoms with Crippen molar-refractivity contribution in [2.45, 2.75) is 26.8 Å². The van der Waals surface area contributed by atoms with Crippen molar-refractivity contribution in [1.29, 1.82) is 0 Å². The fourth-order valence-corrected chi connectivity index (χ4v) is 2.23. The van der Waals surface area contributed by atoms with Crippen LogP contribution in [-0.4, -0.2) is 28.0 Å². The predicted molar refractivity (Wildman–Crippen MR) is 86.9 cm³/mol. The highest BCUT2D eigenvalue weighted by atomic mass is 35.5. The van der Waals surface area contributed by atoms with Gasteiger partial charge in [0, 0.05) is 13.1 Å². The van der Waals surface area contributed by atoms with Crippen LogP contribution >= 0.6 is 11.6 Å². The predicted octanol–water partition coefficient (Wildman–Crippen LogP) is 3.54. The van der Waals surface area contributed by atoms with Crippen LogP contribution in [0.5, 0.6) is 0 Å². The Balaban J connectivity index is 2.20. The minimum atomic E-state index is 0.0919. The smallest absolute Gasteiger partial charge is 0.231 e. The van der Waals surface area contributed by atoms with Crippen LogP contribution in [0.1, 0.15) is 32.4 Å². The van der Waals surface area contributed by atoms with E-state index >= 15 is 0 Å². The molecule has 1 aromatic heterocycles. The van der Waals surface area contributed by atoms with Gasteiger partial charge < -0.3 is 10.2 Å². The fourth-order valence-electron chi connectivity index (χ4n) is 2.07. The first-order chi connectivity index (χ1) is 10.1. The van der Waals surface area contributed by atoms with Gasteiger partial charge in [0.25, 0.3) is 0 Å². The topological polar surface area (TPSA) is 53.9 Å². The molecule has 1 heterocycles. The normalized spacial score (nSPS) is 12.0. The lowest BCUT2D eigenvalue weighted by atomic mass is 10.1. The molecule has 5 nitrogen and oxygen atoms in total. The third-order valence-electron chi connectivity index (χ3n) is 3.29. The van der Waals surface area contributed by atoms with Gasteiger partial charge in [-0.2, -0.15) is 15.0 Å². The molecule has 0 bridgehead atoms. The first-order valence-corrected chi connectivity index (χ1v) is 7.49.